The van der Waals surface area contributed by atoms with E-state index < -0.39 is 0 Å². The Hall–Kier alpha value is -0.860. The maximum absolute atomic E-state index is 3.58. The van der Waals surface area contributed by atoms with Gasteiger partial charge in [-0.3, -0.25) is 4.90 Å². The third-order valence-corrected chi connectivity index (χ3v) is 3.69. The van der Waals surface area contributed by atoms with Crippen molar-refractivity contribution < 1.29 is 0 Å². The van der Waals surface area contributed by atoms with E-state index in [-0.39, 0.29) is 0 Å². The van der Waals surface area contributed by atoms with Crippen LogP contribution >= 0.6 is 0 Å². The molecule has 0 aliphatic carbocycles. The zero-order valence-corrected chi connectivity index (χ0v) is 11.4. The first-order valence-corrected chi connectivity index (χ1v) is 6.63. The fraction of sp³-hybridized carbons (Fsp3) is 0.600. The van der Waals surface area contributed by atoms with Crippen LogP contribution in [-0.2, 0) is 0 Å². The summed E-state index contributed by atoms with van der Waals surface area (Å²) in [6.45, 7) is 11.3. The summed E-state index contributed by atoms with van der Waals surface area (Å²) in [6, 6.07) is 10.6. The van der Waals surface area contributed by atoms with Crippen LogP contribution in [0.25, 0.3) is 0 Å². The smallest absolute Gasteiger partial charge is 0.0321 e. The van der Waals surface area contributed by atoms with Crippen molar-refractivity contribution in [3.8, 4) is 0 Å². The van der Waals surface area contributed by atoms with Gasteiger partial charge in [-0.2, -0.15) is 0 Å². The molecule has 0 amide bonds. The van der Waals surface area contributed by atoms with E-state index in [9.17, 15) is 0 Å². The van der Waals surface area contributed by atoms with Crippen molar-refractivity contribution in [3.63, 3.8) is 0 Å². The zero-order chi connectivity index (χ0) is 12.4. The van der Waals surface area contributed by atoms with E-state index in [0.717, 1.165) is 13.1 Å². The Bertz CT molecular complexity index is 348. The van der Waals surface area contributed by atoms with Gasteiger partial charge in [-0.1, -0.05) is 29.8 Å². The van der Waals surface area contributed by atoms with Gasteiger partial charge in [0.15, 0.2) is 0 Å². The van der Waals surface area contributed by atoms with Crippen molar-refractivity contribution in [3.05, 3.63) is 35.4 Å². The molecule has 1 fully saturated rings. The standard InChI is InChI=1S/C15H24N2/c1-11-5-7-15(8-6-11)14(4)17-9-12(2)16-13(3)10-17/h5-8,12-14,16H,9-10H2,1-4H3. The number of aryl methyl sites for hydroxylation is 1. The molecule has 0 bridgehead atoms. The molecule has 0 aromatic heterocycles. The lowest BCUT2D eigenvalue weighted by atomic mass is 10.0. The SMILES string of the molecule is Cc1ccc(C(C)N2CC(C)NC(C)C2)cc1. The van der Waals surface area contributed by atoms with Crippen LogP contribution in [0.3, 0.4) is 0 Å². The average Bonchev–Trinajstić information content (AvgIpc) is 2.28. The maximum atomic E-state index is 3.58. The summed E-state index contributed by atoms with van der Waals surface area (Å²) in [6.07, 6.45) is 0. The number of nitrogens with zero attached hydrogens (tertiary/aromatic N) is 1. The molecule has 2 rings (SSSR count). The summed E-state index contributed by atoms with van der Waals surface area (Å²) in [4.78, 5) is 2.58. The fourth-order valence-electron chi connectivity index (χ4n) is 2.74. The second kappa shape index (κ2) is 5.19. The second-order valence-corrected chi connectivity index (χ2v) is 5.51. The van der Waals surface area contributed by atoms with Crippen LogP contribution in [-0.4, -0.2) is 30.1 Å². The van der Waals surface area contributed by atoms with Gasteiger partial charge in [0.1, 0.15) is 0 Å². The summed E-state index contributed by atoms with van der Waals surface area (Å²) in [7, 11) is 0. The molecule has 1 heterocycles. The highest BCUT2D eigenvalue weighted by Gasteiger charge is 2.25. The summed E-state index contributed by atoms with van der Waals surface area (Å²) in [5.74, 6) is 0. The number of nitrogens with one attached hydrogen (secondary N) is 1. The van der Waals surface area contributed by atoms with Crippen LogP contribution in [0.5, 0.6) is 0 Å². The van der Waals surface area contributed by atoms with Gasteiger partial charge in [-0.25, -0.2) is 0 Å². The molecule has 2 nitrogen and oxygen atoms in total. The van der Waals surface area contributed by atoms with E-state index in [2.05, 4.69) is 62.2 Å². The minimum absolute atomic E-state index is 0.516. The quantitative estimate of drug-likeness (QED) is 0.843. The van der Waals surface area contributed by atoms with Crippen molar-refractivity contribution in [2.24, 2.45) is 0 Å². The second-order valence-electron chi connectivity index (χ2n) is 5.51. The van der Waals surface area contributed by atoms with Crippen molar-refractivity contribution >= 4 is 0 Å². The Morgan fingerprint density at radius 1 is 1.12 bits per heavy atom. The molecular weight excluding hydrogens is 208 g/mol. The monoisotopic (exact) mass is 232 g/mol. The van der Waals surface area contributed by atoms with Gasteiger partial charge >= 0.3 is 0 Å². The van der Waals surface area contributed by atoms with Gasteiger partial charge < -0.3 is 5.32 Å². The molecule has 1 aliphatic rings. The third-order valence-electron chi connectivity index (χ3n) is 3.69. The molecular formula is C15H24N2. The van der Waals surface area contributed by atoms with E-state index in [1.807, 2.05) is 0 Å². The van der Waals surface area contributed by atoms with Gasteiger partial charge in [-0.05, 0) is 33.3 Å². The molecule has 1 aromatic carbocycles. The van der Waals surface area contributed by atoms with E-state index in [1.165, 1.54) is 11.1 Å². The zero-order valence-electron chi connectivity index (χ0n) is 11.4. The highest BCUT2D eigenvalue weighted by molar-refractivity contribution is 5.24. The molecule has 2 heteroatoms. The molecule has 1 N–H and O–H groups in total. The molecule has 1 aliphatic heterocycles. The summed E-state index contributed by atoms with van der Waals surface area (Å²) in [5.41, 5.74) is 2.76. The molecule has 94 valence electrons. The van der Waals surface area contributed by atoms with Gasteiger partial charge in [0.25, 0.3) is 0 Å². The Kier molecular flexibility index (Phi) is 3.85. The largest absolute Gasteiger partial charge is 0.309 e. The molecule has 0 spiro atoms. The number of hydrogen-bond donors (Lipinski definition) is 1. The summed E-state index contributed by atoms with van der Waals surface area (Å²) < 4.78 is 0. The number of hydrogen-bond acceptors (Lipinski definition) is 2. The summed E-state index contributed by atoms with van der Waals surface area (Å²) in [5, 5.41) is 3.58. The topological polar surface area (TPSA) is 15.3 Å². The Morgan fingerprint density at radius 2 is 1.65 bits per heavy atom. The first-order chi connectivity index (χ1) is 8.06. The highest BCUT2D eigenvalue weighted by Crippen LogP contribution is 2.22. The van der Waals surface area contributed by atoms with Crippen LogP contribution < -0.4 is 5.32 Å². The summed E-state index contributed by atoms with van der Waals surface area (Å²) >= 11 is 0. The average molecular weight is 232 g/mol. The normalized spacial score (nSPS) is 28.0. The van der Waals surface area contributed by atoms with Crippen LogP contribution in [0.4, 0.5) is 0 Å². The van der Waals surface area contributed by atoms with E-state index in [1.54, 1.807) is 0 Å². The minimum atomic E-state index is 0.516. The molecule has 1 aromatic rings. The third kappa shape index (κ3) is 3.08. The number of piperazine rings is 1. The van der Waals surface area contributed by atoms with Crippen molar-refractivity contribution in [1.29, 1.82) is 0 Å². The number of benzene rings is 1. The number of rotatable bonds is 2. The lowest BCUT2D eigenvalue weighted by Crippen LogP contribution is -2.54. The lowest BCUT2D eigenvalue weighted by molar-refractivity contribution is 0.131. The van der Waals surface area contributed by atoms with Gasteiger partial charge in [-0.15, -0.1) is 0 Å². The van der Waals surface area contributed by atoms with E-state index in [4.69, 9.17) is 0 Å². The first kappa shape index (κ1) is 12.6. The molecule has 3 unspecified atom stereocenters. The van der Waals surface area contributed by atoms with Gasteiger partial charge in [0.2, 0.25) is 0 Å². The van der Waals surface area contributed by atoms with Crippen molar-refractivity contribution in [1.82, 2.24) is 10.2 Å². The Labute approximate surface area is 105 Å². The van der Waals surface area contributed by atoms with Crippen molar-refractivity contribution in [2.75, 3.05) is 13.1 Å². The molecule has 1 saturated heterocycles. The predicted molar refractivity (Wildman–Crippen MR) is 73.2 cm³/mol. The maximum Gasteiger partial charge on any atom is 0.0321 e. The van der Waals surface area contributed by atoms with Crippen LogP contribution in [0, 0.1) is 6.92 Å². The molecule has 3 atom stereocenters. The van der Waals surface area contributed by atoms with E-state index >= 15 is 0 Å². The molecule has 0 radical (unpaired) electrons. The minimum Gasteiger partial charge on any atom is -0.309 e. The van der Waals surface area contributed by atoms with Gasteiger partial charge in [0.05, 0.1) is 0 Å². The van der Waals surface area contributed by atoms with Crippen molar-refractivity contribution in [2.45, 2.75) is 45.8 Å². The van der Waals surface area contributed by atoms with E-state index in [0.29, 0.717) is 18.1 Å². The van der Waals surface area contributed by atoms with Gasteiger partial charge in [0, 0.05) is 31.2 Å². The predicted octanol–water partition coefficient (Wildman–Crippen LogP) is 2.74. The molecule has 0 saturated carbocycles. The van der Waals surface area contributed by atoms with Crippen LogP contribution in [0.15, 0.2) is 24.3 Å². The Balaban J connectivity index is 2.08. The van der Waals surface area contributed by atoms with Crippen LogP contribution in [0.1, 0.15) is 37.9 Å². The fourth-order valence-corrected chi connectivity index (χ4v) is 2.74. The highest BCUT2D eigenvalue weighted by atomic mass is 15.2. The first-order valence-electron chi connectivity index (χ1n) is 6.63. The van der Waals surface area contributed by atoms with Crippen LogP contribution in [0.2, 0.25) is 0 Å². The lowest BCUT2D eigenvalue weighted by Gasteiger charge is -2.39. The molecule has 17 heavy (non-hydrogen) atoms. The Morgan fingerprint density at radius 3 is 2.18 bits per heavy atom.